The van der Waals surface area contributed by atoms with Crippen LogP contribution < -0.4 is 10.5 Å². The molecular weight excluding hydrogens is 260 g/mol. The van der Waals surface area contributed by atoms with E-state index in [0.717, 1.165) is 31.2 Å². The van der Waals surface area contributed by atoms with Gasteiger partial charge in [-0.2, -0.15) is 0 Å². The predicted molar refractivity (Wildman–Crippen MR) is 78.5 cm³/mol. The van der Waals surface area contributed by atoms with Crippen LogP contribution in [0.4, 0.5) is 0 Å². The highest BCUT2D eigenvalue weighted by Crippen LogP contribution is 2.11. The lowest BCUT2D eigenvalue weighted by atomic mass is 10.1. The molecule has 0 heterocycles. The standard InChI is InChI=1S/C14H24N2O2S/c1-3-5-12-7-9-14(10-8-12)19(17,18)16-11-13(15)6-4-2/h7-10,13,16H,3-6,11,15H2,1-2H3. The molecule has 108 valence electrons. The molecule has 1 unspecified atom stereocenters. The summed E-state index contributed by atoms with van der Waals surface area (Å²) in [5, 5.41) is 0. The van der Waals surface area contributed by atoms with E-state index in [-0.39, 0.29) is 12.6 Å². The van der Waals surface area contributed by atoms with Gasteiger partial charge in [-0.05, 0) is 30.5 Å². The van der Waals surface area contributed by atoms with E-state index in [1.54, 1.807) is 12.1 Å². The first kappa shape index (κ1) is 16.1. The zero-order chi connectivity index (χ0) is 14.3. The largest absolute Gasteiger partial charge is 0.327 e. The van der Waals surface area contributed by atoms with Crippen LogP contribution in [0.15, 0.2) is 29.2 Å². The van der Waals surface area contributed by atoms with E-state index < -0.39 is 10.0 Å². The highest BCUT2D eigenvalue weighted by molar-refractivity contribution is 7.89. The van der Waals surface area contributed by atoms with Crippen LogP contribution in [0.3, 0.4) is 0 Å². The van der Waals surface area contributed by atoms with E-state index >= 15 is 0 Å². The first-order valence-corrected chi connectivity index (χ1v) is 8.32. The number of nitrogens with two attached hydrogens (primary N) is 1. The third kappa shape index (κ3) is 5.30. The number of aryl methyl sites for hydroxylation is 1. The SMILES string of the molecule is CCCc1ccc(S(=O)(=O)NCC(N)CCC)cc1. The van der Waals surface area contributed by atoms with Gasteiger partial charge in [0, 0.05) is 12.6 Å². The van der Waals surface area contributed by atoms with Crippen molar-refractivity contribution in [1.29, 1.82) is 0 Å². The maximum Gasteiger partial charge on any atom is 0.240 e. The Morgan fingerprint density at radius 3 is 2.32 bits per heavy atom. The van der Waals surface area contributed by atoms with Gasteiger partial charge in [0.1, 0.15) is 0 Å². The van der Waals surface area contributed by atoms with Crippen molar-refractivity contribution < 1.29 is 8.42 Å². The van der Waals surface area contributed by atoms with Gasteiger partial charge in [-0.3, -0.25) is 0 Å². The Labute approximate surface area is 116 Å². The number of sulfonamides is 1. The summed E-state index contributed by atoms with van der Waals surface area (Å²) in [6, 6.07) is 6.91. The van der Waals surface area contributed by atoms with Crippen LogP contribution in [0.5, 0.6) is 0 Å². The summed E-state index contributed by atoms with van der Waals surface area (Å²) in [6.07, 6.45) is 3.79. The van der Waals surface area contributed by atoms with Gasteiger partial charge in [0.05, 0.1) is 4.90 Å². The fraction of sp³-hybridized carbons (Fsp3) is 0.571. The molecule has 1 aromatic carbocycles. The quantitative estimate of drug-likeness (QED) is 0.767. The second-order valence-corrected chi connectivity index (χ2v) is 6.56. The number of benzene rings is 1. The van der Waals surface area contributed by atoms with Crippen molar-refractivity contribution in [2.24, 2.45) is 5.73 Å². The second kappa shape index (κ2) is 7.62. The Morgan fingerprint density at radius 2 is 1.79 bits per heavy atom. The fourth-order valence-electron chi connectivity index (χ4n) is 1.90. The lowest BCUT2D eigenvalue weighted by Crippen LogP contribution is -2.37. The van der Waals surface area contributed by atoms with E-state index in [1.807, 2.05) is 19.1 Å². The molecule has 3 N–H and O–H groups in total. The lowest BCUT2D eigenvalue weighted by molar-refractivity contribution is 0.552. The minimum atomic E-state index is -3.44. The molecule has 0 aliphatic heterocycles. The van der Waals surface area contributed by atoms with Crippen LogP contribution in [0.1, 0.15) is 38.7 Å². The monoisotopic (exact) mass is 284 g/mol. The molecule has 4 nitrogen and oxygen atoms in total. The highest BCUT2D eigenvalue weighted by atomic mass is 32.2. The van der Waals surface area contributed by atoms with E-state index in [0.29, 0.717) is 4.90 Å². The molecule has 0 spiro atoms. The van der Waals surface area contributed by atoms with Crippen LogP contribution in [0, 0.1) is 0 Å². The van der Waals surface area contributed by atoms with E-state index in [9.17, 15) is 8.42 Å². The van der Waals surface area contributed by atoms with E-state index in [4.69, 9.17) is 5.73 Å². The minimum absolute atomic E-state index is 0.126. The van der Waals surface area contributed by atoms with Gasteiger partial charge >= 0.3 is 0 Å². The van der Waals surface area contributed by atoms with Crippen molar-refractivity contribution in [3.05, 3.63) is 29.8 Å². The van der Waals surface area contributed by atoms with Gasteiger partial charge in [0.15, 0.2) is 0 Å². The first-order valence-electron chi connectivity index (χ1n) is 6.83. The van der Waals surface area contributed by atoms with Gasteiger partial charge < -0.3 is 5.73 Å². The summed E-state index contributed by atoms with van der Waals surface area (Å²) in [5.74, 6) is 0. The van der Waals surface area contributed by atoms with Crippen LogP contribution in [0.25, 0.3) is 0 Å². The first-order chi connectivity index (χ1) is 8.99. The summed E-state index contributed by atoms with van der Waals surface area (Å²) in [6.45, 7) is 4.41. The normalized spacial score (nSPS) is 13.4. The van der Waals surface area contributed by atoms with E-state index in [1.165, 1.54) is 0 Å². The second-order valence-electron chi connectivity index (χ2n) is 4.79. The van der Waals surface area contributed by atoms with E-state index in [2.05, 4.69) is 11.6 Å². The topological polar surface area (TPSA) is 72.2 Å². The zero-order valence-electron chi connectivity index (χ0n) is 11.7. The minimum Gasteiger partial charge on any atom is -0.327 e. The molecule has 0 saturated carbocycles. The average Bonchev–Trinajstić information content (AvgIpc) is 2.38. The molecule has 0 radical (unpaired) electrons. The molecule has 0 aliphatic rings. The third-order valence-electron chi connectivity index (χ3n) is 2.97. The highest BCUT2D eigenvalue weighted by Gasteiger charge is 2.14. The molecule has 0 aromatic heterocycles. The van der Waals surface area contributed by atoms with Crippen LogP contribution in [-0.4, -0.2) is 21.0 Å². The van der Waals surface area contributed by atoms with Crippen molar-refractivity contribution in [2.45, 2.75) is 50.5 Å². The van der Waals surface area contributed by atoms with Crippen molar-refractivity contribution in [3.8, 4) is 0 Å². The molecule has 1 aromatic rings. The summed E-state index contributed by atoms with van der Waals surface area (Å²) in [5.41, 5.74) is 6.96. The number of nitrogens with one attached hydrogen (secondary N) is 1. The summed E-state index contributed by atoms with van der Waals surface area (Å²) >= 11 is 0. The molecule has 0 aliphatic carbocycles. The Balaban J connectivity index is 2.66. The van der Waals surface area contributed by atoms with Crippen molar-refractivity contribution in [2.75, 3.05) is 6.54 Å². The molecule has 0 fully saturated rings. The zero-order valence-corrected chi connectivity index (χ0v) is 12.5. The fourth-order valence-corrected chi connectivity index (χ4v) is 2.99. The summed E-state index contributed by atoms with van der Waals surface area (Å²) in [4.78, 5) is 0.302. The number of hydrogen-bond donors (Lipinski definition) is 2. The Morgan fingerprint density at radius 1 is 1.16 bits per heavy atom. The average molecular weight is 284 g/mol. The van der Waals surface area contributed by atoms with Gasteiger partial charge in [-0.25, -0.2) is 13.1 Å². The predicted octanol–water partition coefficient (Wildman–Crippen LogP) is 2.04. The lowest BCUT2D eigenvalue weighted by Gasteiger charge is -2.12. The van der Waals surface area contributed by atoms with Crippen LogP contribution in [0.2, 0.25) is 0 Å². The summed E-state index contributed by atoms with van der Waals surface area (Å²) < 4.78 is 26.6. The molecule has 1 rings (SSSR count). The van der Waals surface area contributed by atoms with Gasteiger partial charge in [-0.15, -0.1) is 0 Å². The van der Waals surface area contributed by atoms with Gasteiger partial charge in [-0.1, -0.05) is 38.8 Å². The number of rotatable bonds is 8. The molecule has 0 amide bonds. The molecule has 1 atom stereocenters. The van der Waals surface area contributed by atoms with Crippen molar-refractivity contribution >= 4 is 10.0 Å². The Bertz CT molecular complexity index is 469. The molecule has 5 heteroatoms. The molecule has 0 saturated heterocycles. The number of hydrogen-bond acceptors (Lipinski definition) is 3. The Hall–Kier alpha value is -0.910. The molecule has 0 bridgehead atoms. The van der Waals surface area contributed by atoms with Crippen LogP contribution in [-0.2, 0) is 16.4 Å². The van der Waals surface area contributed by atoms with Gasteiger partial charge in [0.2, 0.25) is 10.0 Å². The maximum absolute atomic E-state index is 12.0. The maximum atomic E-state index is 12.0. The van der Waals surface area contributed by atoms with Crippen molar-refractivity contribution in [3.63, 3.8) is 0 Å². The van der Waals surface area contributed by atoms with Crippen LogP contribution >= 0.6 is 0 Å². The van der Waals surface area contributed by atoms with Gasteiger partial charge in [0.25, 0.3) is 0 Å². The third-order valence-corrected chi connectivity index (χ3v) is 4.41. The Kier molecular flexibility index (Phi) is 6.48. The smallest absolute Gasteiger partial charge is 0.240 e. The summed E-state index contributed by atoms with van der Waals surface area (Å²) in [7, 11) is -3.44. The molecular formula is C14H24N2O2S. The van der Waals surface area contributed by atoms with Crippen molar-refractivity contribution in [1.82, 2.24) is 4.72 Å². The molecule has 19 heavy (non-hydrogen) atoms.